The molecule has 0 fully saturated rings. The summed E-state index contributed by atoms with van der Waals surface area (Å²) < 4.78 is 8.55. The van der Waals surface area contributed by atoms with Gasteiger partial charge < -0.3 is 19.2 Å². The summed E-state index contributed by atoms with van der Waals surface area (Å²) in [5.41, 5.74) is 0. The van der Waals surface area contributed by atoms with E-state index in [4.69, 9.17) is 19.2 Å². The fraction of sp³-hybridized carbons (Fsp3) is 0. The van der Waals surface area contributed by atoms with Gasteiger partial charge in [-0.3, -0.25) is 0 Å². The van der Waals surface area contributed by atoms with Crippen LogP contribution in [0.5, 0.6) is 0 Å². The van der Waals surface area contributed by atoms with Crippen molar-refractivity contribution in [2.75, 3.05) is 0 Å². The third-order valence-electron chi connectivity index (χ3n) is 0. The molecule has 8 heteroatoms. The van der Waals surface area contributed by atoms with Crippen LogP contribution in [0.2, 0.25) is 0 Å². The molecule has 48 valence electrons. The Hall–Kier alpha value is 1.97. The molecule has 2 unspecified atom stereocenters. The minimum atomic E-state index is -5.39. The van der Waals surface area contributed by atoms with E-state index in [1.54, 1.807) is 0 Å². The van der Waals surface area contributed by atoms with E-state index in [1.165, 1.54) is 0 Å². The molecular weight excluding hydrogens is 180 g/mol. The van der Waals surface area contributed by atoms with Crippen LogP contribution in [-0.4, -0.2) is 0 Å². The topological polar surface area (TPSA) is 86.2 Å². The summed E-state index contributed by atoms with van der Waals surface area (Å²) in [6, 6.07) is 0. The second-order valence-corrected chi connectivity index (χ2v) is 1.34. The first-order valence-electron chi connectivity index (χ1n) is 0.730. The van der Waals surface area contributed by atoms with Gasteiger partial charge >= 0.3 is 29.6 Å². The fourth-order valence-corrected chi connectivity index (χ4v) is 0. The van der Waals surface area contributed by atoms with Crippen molar-refractivity contribution in [1.29, 1.82) is 0 Å². The van der Waals surface area contributed by atoms with Crippen molar-refractivity contribution in [3.05, 3.63) is 0 Å². The van der Waals surface area contributed by atoms with Crippen LogP contribution in [0.25, 0.3) is 0 Å². The van der Waals surface area contributed by atoms with E-state index >= 15 is 0 Å². The van der Waals surface area contributed by atoms with Crippen LogP contribution in [0.15, 0.2) is 0 Å². The van der Waals surface area contributed by atoms with E-state index < -0.39 is 7.82 Å². The Bertz CT molecular complexity index is 57.4. The minimum Gasteiger partial charge on any atom is -0.822 e. The summed E-state index contributed by atoms with van der Waals surface area (Å²) >= 11 is 0. The zero-order valence-electron chi connectivity index (χ0n) is 5.08. The summed E-state index contributed by atoms with van der Waals surface area (Å²) in [5, 5.41) is 0. The molecule has 0 N–H and O–H groups in total. The molecule has 0 aliphatic heterocycles. The van der Waals surface area contributed by atoms with Crippen LogP contribution in [-0.2, 0) is 4.57 Å². The van der Waals surface area contributed by atoms with Gasteiger partial charge in [-0.15, -0.1) is 0 Å². The van der Waals surface area contributed by atoms with Gasteiger partial charge in [0, 0.05) is 0 Å². The Morgan fingerprint density at radius 2 is 1.00 bits per heavy atom. The average molecular weight is 188 g/mol. The summed E-state index contributed by atoms with van der Waals surface area (Å²) in [4.78, 5) is 25.6. The molecule has 0 radical (unpaired) electrons. The van der Waals surface area contributed by atoms with Crippen LogP contribution in [0.3, 0.4) is 0 Å². The monoisotopic (exact) mass is 188 g/mol. The predicted molar refractivity (Wildman–Crippen MR) is 32.6 cm³/mol. The molecule has 0 saturated carbocycles. The Morgan fingerprint density at radius 1 is 1.00 bits per heavy atom. The van der Waals surface area contributed by atoms with Crippen LogP contribution >= 0.6 is 27.6 Å². The number of hydrogen-bond acceptors (Lipinski definition) is 4. The molecule has 0 spiro atoms. The molecule has 0 aromatic heterocycles. The molecule has 0 aliphatic rings. The van der Waals surface area contributed by atoms with Gasteiger partial charge in [0.15, 0.2) is 0 Å². The normalized spacial score (nSPS) is 7.38. The van der Waals surface area contributed by atoms with Gasteiger partial charge in [-0.1, -0.05) is 0 Å². The van der Waals surface area contributed by atoms with Gasteiger partial charge in [0.25, 0.3) is 0 Å². The van der Waals surface area contributed by atoms with Crippen molar-refractivity contribution in [3.8, 4) is 0 Å². The summed E-state index contributed by atoms with van der Waals surface area (Å²) in [6.07, 6.45) is 0. The molecular formula is H8NaO4P3. The Morgan fingerprint density at radius 3 is 1.00 bits per heavy atom. The molecule has 0 rings (SSSR count). The minimum absolute atomic E-state index is 0. The molecule has 0 heterocycles. The van der Waals surface area contributed by atoms with Gasteiger partial charge in [0.2, 0.25) is 0 Å². The van der Waals surface area contributed by atoms with Crippen LogP contribution in [0, 0.1) is 0 Å². The fourth-order valence-electron chi connectivity index (χ4n) is 0. The number of phosphoric acid groups is 1. The molecule has 2 atom stereocenters. The molecule has 0 aliphatic carbocycles. The average Bonchev–Trinajstić information content (AvgIpc) is 0.722. The van der Waals surface area contributed by atoms with Crippen molar-refractivity contribution < 1.29 is 48.8 Å². The maximum Gasteiger partial charge on any atom is 1.00 e. The van der Waals surface area contributed by atoms with E-state index in [9.17, 15) is 0 Å². The summed E-state index contributed by atoms with van der Waals surface area (Å²) in [5.74, 6) is 0. The smallest absolute Gasteiger partial charge is 0.822 e. The van der Waals surface area contributed by atoms with Gasteiger partial charge in [-0.25, -0.2) is 0 Å². The Balaban J connectivity index is -0.0000000267. The molecule has 0 aromatic rings. The van der Waals surface area contributed by atoms with Crippen molar-refractivity contribution in [3.63, 3.8) is 0 Å². The second kappa shape index (κ2) is 8.97. The van der Waals surface area contributed by atoms with Crippen molar-refractivity contribution in [2.45, 2.75) is 0 Å². The largest absolute Gasteiger partial charge is 1.00 e. The molecule has 0 saturated heterocycles. The predicted octanol–water partition coefficient (Wildman–Crippen LogP) is -6.24. The second-order valence-electron chi connectivity index (χ2n) is 0.447. The first-order chi connectivity index (χ1) is 2.00. The maximum atomic E-state index is 8.55. The molecule has 0 amide bonds. The zero-order valence-corrected chi connectivity index (χ0v) is 12.0. The van der Waals surface area contributed by atoms with E-state index in [2.05, 4.69) is 0 Å². The van der Waals surface area contributed by atoms with E-state index in [0.29, 0.717) is 0 Å². The van der Waals surface area contributed by atoms with Crippen LogP contribution in [0.4, 0.5) is 0 Å². The first kappa shape index (κ1) is 22.5. The first-order valence-corrected chi connectivity index (χ1v) is 2.19. The number of hydrogen-bond donors (Lipinski definition) is 0. The maximum absolute atomic E-state index is 8.55. The molecule has 0 aromatic carbocycles. The Labute approximate surface area is 76.2 Å². The van der Waals surface area contributed by atoms with Gasteiger partial charge in [-0.2, -0.15) is 7.82 Å². The van der Waals surface area contributed by atoms with Gasteiger partial charge in [0.05, 0.1) is 0 Å². The van der Waals surface area contributed by atoms with Crippen LogP contribution < -0.4 is 44.2 Å². The molecule has 0 bridgehead atoms. The Kier molecular flexibility index (Phi) is 25.2. The van der Waals surface area contributed by atoms with Crippen molar-refractivity contribution in [2.24, 2.45) is 0 Å². The van der Waals surface area contributed by atoms with Crippen molar-refractivity contribution >= 4 is 27.6 Å². The summed E-state index contributed by atoms with van der Waals surface area (Å²) in [7, 11) is -5.39. The number of rotatable bonds is 0. The van der Waals surface area contributed by atoms with E-state index in [1.807, 2.05) is 0 Å². The third-order valence-corrected chi connectivity index (χ3v) is 0. The zero-order chi connectivity index (χ0) is 4.50. The van der Waals surface area contributed by atoms with E-state index in [-0.39, 0.29) is 49.4 Å². The summed E-state index contributed by atoms with van der Waals surface area (Å²) in [6.45, 7) is 0. The molecule has 8 heavy (non-hydrogen) atoms. The van der Waals surface area contributed by atoms with Gasteiger partial charge in [0.1, 0.15) is 0 Å². The standard InChI is InChI=1S/Na.H3O4P.2H3P/c;1-5(2,3)4;;/h;(H3,1,2,3,4);2*1H3/q+1;;;/p-1. The third kappa shape index (κ3) is 99.8. The SMILES string of the molecule is O=P([O-])([O-])[O-].[Na+].[PH4+].[PH4+]. The van der Waals surface area contributed by atoms with Gasteiger partial charge in [-0.05, 0) is 19.8 Å². The van der Waals surface area contributed by atoms with Crippen molar-refractivity contribution in [1.82, 2.24) is 0 Å². The van der Waals surface area contributed by atoms with E-state index in [0.717, 1.165) is 0 Å². The molecule has 4 nitrogen and oxygen atoms in total. The quantitative estimate of drug-likeness (QED) is 0.279. The van der Waals surface area contributed by atoms with Crippen LogP contribution in [0.1, 0.15) is 0 Å².